The van der Waals surface area contributed by atoms with Gasteiger partial charge in [-0.1, -0.05) is 33.6 Å². The lowest BCUT2D eigenvalue weighted by Crippen LogP contribution is -2.04. The van der Waals surface area contributed by atoms with Gasteiger partial charge in [-0.15, -0.1) is 0 Å². The summed E-state index contributed by atoms with van der Waals surface area (Å²) in [5.41, 5.74) is 2.07. The number of aryl methyl sites for hydroxylation is 1. The van der Waals surface area contributed by atoms with Crippen molar-refractivity contribution in [1.82, 2.24) is 9.97 Å². The molecule has 6 heteroatoms. The average Bonchev–Trinajstić information content (AvgIpc) is 2.38. The number of rotatable bonds is 4. The largest absolute Gasteiger partial charge is 0.354 e. The maximum absolute atomic E-state index is 6.11. The van der Waals surface area contributed by atoms with Gasteiger partial charge in [0, 0.05) is 16.7 Å². The summed E-state index contributed by atoms with van der Waals surface area (Å²) in [4.78, 5) is 8.45. The maximum atomic E-state index is 6.11. The van der Waals surface area contributed by atoms with E-state index in [4.69, 9.17) is 11.6 Å². The Bertz CT molecular complexity index is 589. The summed E-state index contributed by atoms with van der Waals surface area (Å²) < 4.78 is 0.998. The molecule has 2 aromatic rings. The summed E-state index contributed by atoms with van der Waals surface area (Å²) in [5, 5.41) is 6.77. The summed E-state index contributed by atoms with van der Waals surface area (Å²) in [6.07, 6.45) is 1.59. The summed E-state index contributed by atoms with van der Waals surface area (Å²) in [5.74, 6) is 1.15. The highest BCUT2D eigenvalue weighted by Gasteiger charge is 2.07. The van der Waals surface area contributed by atoms with E-state index in [1.807, 2.05) is 32.0 Å². The Morgan fingerprint density at radius 2 is 2.16 bits per heavy atom. The van der Waals surface area contributed by atoms with Crippen LogP contribution in [-0.2, 0) is 0 Å². The van der Waals surface area contributed by atoms with E-state index in [0.29, 0.717) is 16.8 Å². The van der Waals surface area contributed by atoms with Crippen molar-refractivity contribution in [1.29, 1.82) is 0 Å². The zero-order valence-electron chi connectivity index (χ0n) is 10.7. The lowest BCUT2D eigenvalue weighted by Gasteiger charge is -2.11. The van der Waals surface area contributed by atoms with E-state index >= 15 is 0 Å². The van der Waals surface area contributed by atoms with Gasteiger partial charge >= 0.3 is 0 Å². The average molecular weight is 342 g/mol. The van der Waals surface area contributed by atoms with Gasteiger partial charge in [0.05, 0.1) is 6.20 Å². The fourth-order valence-electron chi connectivity index (χ4n) is 1.55. The van der Waals surface area contributed by atoms with Crippen molar-refractivity contribution < 1.29 is 0 Å². The molecule has 0 radical (unpaired) electrons. The molecule has 19 heavy (non-hydrogen) atoms. The van der Waals surface area contributed by atoms with Gasteiger partial charge in [0.2, 0.25) is 5.95 Å². The minimum atomic E-state index is 0.487. The Labute approximate surface area is 125 Å². The number of hydrogen-bond donors (Lipinski definition) is 2. The SMILES string of the molecule is CCNc1ncc(Cl)c(Nc2cc(Br)ccc2C)n1. The minimum absolute atomic E-state index is 0.487. The fraction of sp³-hybridized carbons (Fsp3) is 0.231. The molecule has 0 fully saturated rings. The highest BCUT2D eigenvalue weighted by molar-refractivity contribution is 9.10. The second-order valence-electron chi connectivity index (χ2n) is 4.00. The molecule has 1 heterocycles. The monoisotopic (exact) mass is 340 g/mol. The molecular weight excluding hydrogens is 328 g/mol. The first kappa shape index (κ1) is 14.1. The predicted molar refractivity (Wildman–Crippen MR) is 83.4 cm³/mol. The molecule has 0 atom stereocenters. The molecule has 1 aromatic heterocycles. The predicted octanol–water partition coefficient (Wildman–Crippen LogP) is 4.38. The van der Waals surface area contributed by atoms with E-state index in [0.717, 1.165) is 22.3 Å². The van der Waals surface area contributed by atoms with Crippen molar-refractivity contribution in [3.63, 3.8) is 0 Å². The maximum Gasteiger partial charge on any atom is 0.224 e. The van der Waals surface area contributed by atoms with Gasteiger partial charge in [-0.05, 0) is 31.5 Å². The molecule has 0 saturated heterocycles. The van der Waals surface area contributed by atoms with Crippen LogP contribution >= 0.6 is 27.5 Å². The van der Waals surface area contributed by atoms with E-state index in [9.17, 15) is 0 Å². The van der Waals surface area contributed by atoms with E-state index in [2.05, 4.69) is 36.5 Å². The van der Waals surface area contributed by atoms with Gasteiger partial charge in [-0.3, -0.25) is 0 Å². The van der Waals surface area contributed by atoms with Crippen LogP contribution in [0.2, 0.25) is 5.02 Å². The highest BCUT2D eigenvalue weighted by Crippen LogP contribution is 2.27. The summed E-state index contributed by atoms with van der Waals surface area (Å²) in [7, 11) is 0. The Morgan fingerprint density at radius 1 is 1.37 bits per heavy atom. The molecule has 0 saturated carbocycles. The minimum Gasteiger partial charge on any atom is -0.354 e. The molecule has 0 aliphatic heterocycles. The molecule has 2 rings (SSSR count). The van der Waals surface area contributed by atoms with Gasteiger partial charge in [-0.2, -0.15) is 4.98 Å². The molecule has 2 N–H and O–H groups in total. The molecule has 0 amide bonds. The molecular formula is C13H14BrClN4. The number of halogens is 2. The molecule has 0 unspecified atom stereocenters. The van der Waals surface area contributed by atoms with Crippen LogP contribution in [0.25, 0.3) is 0 Å². The van der Waals surface area contributed by atoms with Crippen LogP contribution in [0.1, 0.15) is 12.5 Å². The standard InChI is InChI=1S/C13H14BrClN4/c1-3-16-13-17-7-10(15)12(19-13)18-11-6-9(14)5-4-8(11)2/h4-7H,3H2,1-2H3,(H2,16,17,18,19). The smallest absolute Gasteiger partial charge is 0.224 e. The first-order valence-electron chi connectivity index (χ1n) is 5.89. The van der Waals surface area contributed by atoms with Gasteiger partial charge in [-0.25, -0.2) is 4.98 Å². The molecule has 1 aromatic carbocycles. The van der Waals surface area contributed by atoms with Gasteiger partial charge < -0.3 is 10.6 Å². The zero-order chi connectivity index (χ0) is 13.8. The van der Waals surface area contributed by atoms with Crippen molar-refractivity contribution in [3.8, 4) is 0 Å². The van der Waals surface area contributed by atoms with Crippen molar-refractivity contribution in [2.24, 2.45) is 0 Å². The number of anilines is 3. The second kappa shape index (κ2) is 6.21. The lowest BCUT2D eigenvalue weighted by atomic mass is 10.2. The zero-order valence-corrected chi connectivity index (χ0v) is 13.0. The first-order valence-corrected chi connectivity index (χ1v) is 7.07. The van der Waals surface area contributed by atoms with E-state index in [-0.39, 0.29) is 0 Å². The third-order valence-corrected chi connectivity index (χ3v) is 3.30. The van der Waals surface area contributed by atoms with Crippen molar-refractivity contribution in [2.75, 3.05) is 17.2 Å². The number of benzene rings is 1. The van der Waals surface area contributed by atoms with Crippen molar-refractivity contribution in [2.45, 2.75) is 13.8 Å². The first-order chi connectivity index (χ1) is 9.10. The molecule has 0 bridgehead atoms. The summed E-state index contributed by atoms with van der Waals surface area (Å²) >= 11 is 9.56. The number of nitrogens with one attached hydrogen (secondary N) is 2. The van der Waals surface area contributed by atoms with Crippen molar-refractivity contribution in [3.05, 3.63) is 39.5 Å². The van der Waals surface area contributed by atoms with Crippen LogP contribution in [0.3, 0.4) is 0 Å². The highest BCUT2D eigenvalue weighted by atomic mass is 79.9. The van der Waals surface area contributed by atoms with E-state index < -0.39 is 0 Å². The van der Waals surface area contributed by atoms with E-state index in [1.54, 1.807) is 6.20 Å². The molecule has 0 aliphatic carbocycles. The second-order valence-corrected chi connectivity index (χ2v) is 5.33. The van der Waals surface area contributed by atoms with Crippen LogP contribution in [0.4, 0.5) is 17.5 Å². The molecule has 4 nitrogen and oxygen atoms in total. The fourth-order valence-corrected chi connectivity index (χ4v) is 2.05. The van der Waals surface area contributed by atoms with Crippen LogP contribution in [-0.4, -0.2) is 16.5 Å². The quantitative estimate of drug-likeness (QED) is 0.866. The van der Waals surface area contributed by atoms with Crippen LogP contribution in [0, 0.1) is 6.92 Å². The number of aromatic nitrogens is 2. The Hall–Kier alpha value is -1.33. The molecule has 0 aliphatic rings. The van der Waals surface area contributed by atoms with Crippen LogP contribution in [0.15, 0.2) is 28.9 Å². The third kappa shape index (κ3) is 3.58. The van der Waals surface area contributed by atoms with Crippen molar-refractivity contribution >= 4 is 45.0 Å². The molecule has 100 valence electrons. The van der Waals surface area contributed by atoms with Gasteiger partial charge in [0.15, 0.2) is 5.82 Å². The number of nitrogens with zero attached hydrogens (tertiary/aromatic N) is 2. The Balaban J connectivity index is 2.31. The summed E-state index contributed by atoms with van der Waals surface area (Å²) in [6, 6.07) is 6.00. The summed E-state index contributed by atoms with van der Waals surface area (Å²) in [6.45, 7) is 4.77. The van der Waals surface area contributed by atoms with Crippen LogP contribution < -0.4 is 10.6 Å². The lowest BCUT2D eigenvalue weighted by molar-refractivity contribution is 1.09. The van der Waals surface area contributed by atoms with Gasteiger partial charge in [0.1, 0.15) is 5.02 Å². The normalized spacial score (nSPS) is 10.3. The number of hydrogen-bond acceptors (Lipinski definition) is 4. The Kier molecular flexibility index (Phi) is 4.61. The Morgan fingerprint density at radius 3 is 2.89 bits per heavy atom. The topological polar surface area (TPSA) is 49.8 Å². The third-order valence-electron chi connectivity index (χ3n) is 2.53. The van der Waals surface area contributed by atoms with Gasteiger partial charge in [0.25, 0.3) is 0 Å². The van der Waals surface area contributed by atoms with E-state index in [1.165, 1.54) is 0 Å². The van der Waals surface area contributed by atoms with Crippen LogP contribution in [0.5, 0.6) is 0 Å². The molecule has 0 spiro atoms.